The molecule has 2 aromatic rings. The molecule has 18 heavy (non-hydrogen) atoms. The molecule has 0 saturated carbocycles. The van der Waals surface area contributed by atoms with Crippen molar-refractivity contribution in [3.63, 3.8) is 0 Å². The van der Waals surface area contributed by atoms with Crippen molar-refractivity contribution in [1.29, 1.82) is 0 Å². The van der Waals surface area contributed by atoms with Crippen LogP contribution in [0, 0.1) is 0 Å². The van der Waals surface area contributed by atoms with Crippen LogP contribution in [0.1, 0.15) is 13.3 Å². The van der Waals surface area contributed by atoms with Gasteiger partial charge < -0.3 is 10.5 Å². The number of nitrogens with two attached hydrogens (primary N) is 1. The Hall–Kier alpha value is -1.62. The van der Waals surface area contributed by atoms with Crippen LogP contribution in [-0.4, -0.2) is 22.6 Å². The SMILES string of the molecule is CCCSc1cnn(-c2ccccc2OC)c1N. The molecular formula is C13H17N3OS. The Kier molecular flexibility index (Phi) is 4.15. The minimum absolute atomic E-state index is 0.665. The van der Waals surface area contributed by atoms with E-state index in [2.05, 4.69) is 12.0 Å². The van der Waals surface area contributed by atoms with Gasteiger partial charge in [0, 0.05) is 0 Å². The third kappa shape index (κ3) is 2.46. The summed E-state index contributed by atoms with van der Waals surface area (Å²) in [6, 6.07) is 7.71. The molecule has 0 radical (unpaired) electrons. The lowest BCUT2D eigenvalue weighted by atomic mass is 10.3. The minimum atomic E-state index is 0.665. The monoisotopic (exact) mass is 263 g/mol. The molecule has 1 aromatic heterocycles. The molecule has 0 unspecified atom stereocenters. The van der Waals surface area contributed by atoms with Crippen LogP contribution < -0.4 is 10.5 Å². The van der Waals surface area contributed by atoms with Crippen molar-refractivity contribution >= 4 is 17.6 Å². The third-order valence-corrected chi connectivity index (χ3v) is 3.78. The van der Waals surface area contributed by atoms with Crippen molar-refractivity contribution in [3.05, 3.63) is 30.5 Å². The number of para-hydroxylation sites is 2. The highest BCUT2D eigenvalue weighted by molar-refractivity contribution is 7.99. The van der Waals surface area contributed by atoms with Crippen LogP contribution in [0.25, 0.3) is 5.69 Å². The largest absolute Gasteiger partial charge is 0.494 e. The summed E-state index contributed by atoms with van der Waals surface area (Å²) < 4.78 is 7.04. The number of aromatic nitrogens is 2. The predicted octanol–water partition coefficient (Wildman–Crippen LogP) is 2.97. The average Bonchev–Trinajstić information content (AvgIpc) is 2.77. The number of ether oxygens (including phenoxy) is 1. The van der Waals surface area contributed by atoms with Gasteiger partial charge in [0.2, 0.25) is 0 Å². The van der Waals surface area contributed by atoms with Gasteiger partial charge in [-0.1, -0.05) is 19.1 Å². The number of hydrogen-bond acceptors (Lipinski definition) is 4. The van der Waals surface area contributed by atoms with Crippen molar-refractivity contribution in [2.75, 3.05) is 18.6 Å². The second-order valence-electron chi connectivity index (χ2n) is 3.83. The predicted molar refractivity (Wildman–Crippen MR) is 75.5 cm³/mol. The minimum Gasteiger partial charge on any atom is -0.494 e. The number of anilines is 1. The van der Waals surface area contributed by atoms with E-state index in [4.69, 9.17) is 10.5 Å². The van der Waals surface area contributed by atoms with E-state index in [9.17, 15) is 0 Å². The van der Waals surface area contributed by atoms with E-state index in [1.807, 2.05) is 30.5 Å². The maximum atomic E-state index is 6.12. The van der Waals surface area contributed by atoms with Gasteiger partial charge in [-0.2, -0.15) is 5.10 Å². The molecule has 0 fully saturated rings. The first-order valence-electron chi connectivity index (χ1n) is 5.87. The van der Waals surface area contributed by atoms with E-state index < -0.39 is 0 Å². The van der Waals surface area contributed by atoms with Crippen LogP contribution in [-0.2, 0) is 0 Å². The summed E-state index contributed by atoms with van der Waals surface area (Å²) in [7, 11) is 1.64. The zero-order valence-electron chi connectivity index (χ0n) is 10.6. The van der Waals surface area contributed by atoms with Gasteiger partial charge in [-0.3, -0.25) is 0 Å². The molecule has 5 heteroatoms. The Morgan fingerprint density at radius 1 is 1.39 bits per heavy atom. The third-order valence-electron chi connectivity index (χ3n) is 2.55. The number of rotatable bonds is 5. The van der Waals surface area contributed by atoms with Crippen LogP contribution >= 0.6 is 11.8 Å². The van der Waals surface area contributed by atoms with Crippen LogP contribution in [0.3, 0.4) is 0 Å². The second-order valence-corrected chi connectivity index (χ2v) is 4.96. The van der Waals surface area contributed by atoms with Crippen molar-refractivity contribution in [2.24, 2.45) is 0 Å². The van der Waals surface area contributed by atoms with Gasteiger partial charge >= 0.3 is 0 Å². The summed E-state index contributed by atoms with van der Waals surface area (Å²) in [4.78, 5) is 1.02. The van der Waals surface area contributed by atoms with Crippen LogP contribution in [0.15, 0.2) is 35.4 Å². The van der Waals surface area contributed by atoms with Crippen LogP contribution in [0.5, 0.6) is 5.75 Å². The lowest BCUT2D eigenvalue weighted by Gasteiger charge is -2.09. The Morgan fingerprint density at radius 3 is 2.89 bits per heavy atom. The van der Waals surface area contributed by atoms with Crippen molar-refractivity contribution < 1.29 is 4.74 Å². The lowest BCUT2D eigenvalue weighted by Crippen LogP contribution is -2.04. The molecule has 96 valence electrons. The first-order chi connectivity index (χ1) is 8.77. The van der Waals surface area contributed by atoms with Gasteiger partial charge in [-0.25, -0.2) is 4.68 Å². The summed E-state index contributed by atoms with van der Waals surface area (Å²) in [6.45, 7) is 2.15. The fourth-order valence-corrected chi connectivity index (χ4v) is 2.44. The van der Waals surface area contributed by atoms with E-state index >= 15 is 0 Å². The second kappa shape index (κ2) is 5.82. The molecule has 0 saturated heterocycles. The van der Waals surface area contributed by atoms with E-state index in [0.717, 1.165) is 28.5 Å². The Bertz CT molecular complexity index is 525. The quantitative estimate of drug-likeness (QED) is 0.843. The van der Waals surface area contributed by atoms with Crippen molar-refractivity contribution in [1.82, 2.24) is 9.78 Å². The number of benzene rings is 1. The van der Waals surface area contributed by atoms with Gasteiger partial charge in [0.1, 0.15) is 17.3 Å². The molecule has 0 bridgehead atoms. The number of methoxy groups -OCH3 is 1. The van der Waals surface area contributed by atoms with Gasteiger partial charge in [0.05, 0.1) is 18.2 Å². The first kappa shape index (κ1) is 12.8. The molecule has 0 atom stereocenters. The first-order valence-corrected chi connectivity index (χ1v) is 6.86. The average molecular weight is 263 g/mol. The summed E-state index contributed by atoms with van der Waals surface area (Å²) in [5.41, 5.74) is 6.99. The molecule has 2 N–H and O–H groups in total. The molecular weight excluding hydrogens is 246 g/mol. The zero-order valence-corrected chi connectivity index (χ0v) is 11.4. The molecule has 2 rings (SSSR count). The number of nitrogens with zero attached hydrogens (tertiary/aromatic N) is 2. The number of nitrogen functional groups attached to an aromatic ring is 1. The van der Waals surface area contributed by atoms with E-state index in [0.29, 0.717) is 5.82 Å². The normalized spacial score (nSPS) is 10.6. The molecule has 0 spiro atoms. The van der Waals surface area contributed by atoms with Gasteiger partial charge in [-0.15, -0.1) is 11.8 Å². The standard InChI is InChI=1S/C13H17N3OS/c1-3-8-18-12-9-15-16(13(12)14)10-6-4-5-7-11(10)17-2/h4-7,9H,3,8,14H2,1-2H3. The van der Waals surface area contributed by atoms with E-state index in [1.54, 1.807) is 23.6 Å². The molecule has 4 nitrogen and oxygen atoms in total. The van der Waals surface area contributed by atoms with Gasteiger partial charge in [-0.05, 0) is 24.3 Å². The zero-order chi connectivity index (χ0) is 13.0. The maximum Gasteiger partial charge on any atom is 0.144 e. The highest BCUT2D eigenvalue weighted by atomic mass is 32.2. The summed E-state index contributed by atoms with van der Waals surface area (Å²) in [5, 5.41) is 4.34. The number of hydrogen-bond donors (Lipinski definition) is 1. The molecule has 1 aromatic carbocycles. The maximum absolute atomic E-state index is 6.12. The fraction of sp³-hybridized carbons (Fsp3) is 0.308. The van der Waals surface area contributed by atoms with Gasteiger partial charge in [0.15, 0.2) is 0 Å². The van der Waals surface area contributed by atoms with Crippen molar-refractivity contribution in [3.8, 4) is 11.4 Å². The smallest absolute Gasteiger partial charge is 0.144 e. The van der Waals surface area contributed by atoms with E-state index in [-0.39, 0.29) is 0 Å². The number of thioether (sulfide) groups is 1. The fourth-order valence-electron chi connectivity index (χ4n) is 1.66. The van der Waals surface area contributed by atoms with Crippen molar-refractivity contribution in [2.45, 2.75) is 18.2 Å². The Balaban J connectivity index is 2.36. The molecule has 0 aliphatic heterocycles. The van der Waals surface area contributed by atoms with Gasteiger partial charge in [0.25, 0.3) is 0 Å². The Morgan fingerprint density at radius 2 is 2.17 bits per heavy atom. The molecule has 0 aliphatic rings. The highest BCUT2D eigenvalue weighted by Gasteiger charge is 2.12. The van der Waals surface area contributed by atoms with Crippen LogP contribution in [0.2, 0.25) is 0 Å². The Labute approximate surface area is 111 Å². The lowest BCUT2D eigenvalue weighted by molar-refractivity contribution is 0.412. The topological polar surface area (TPSA) is 53.1 Å². The summed E-state index contributed by atoms with van der Waals surface area (Å²) >= 11 is 1.73. The summed E-state index contributed by atoms with van der Waals surface area (Å²) in [5.74, 6) is 2.47. The van der Waals surface area contributed by atoms with E-state index in [1.165, 1.54) is 0 Å². The summed E-state index contributed by atoms with van der Waals surface area (Å²) in [6.07, 6.45) is 2.92. The molecule has 0 amide bonds. The highest BCUT2D eigenvalue weighted by Crippen LogP contribution is 2.30. The molecule has 0 aliphatic carbocycles. The molecule has 1 heterocycles. The van der Waals surface area contributed by atoms with Crippen LogP contribution in [0.4, 0.5) is 5.82 Å².